The molecule has 2 rings (SSSR count). The number of hydrogen-bond donors (Lipinski definition) is 2. The molecule has 1 saturated carbocycles. The van der Waals surface area contributed by atoms with Crippen molar-refractivity contribution in [1.29, 1.82) is 0 Å². The molecular formula is C14H20F3NO2. The van der Waals surface area contributed by atoms with E-state index >= 15 is 0 Å². The van der Waals surface area contributed by atoms with E-state index in [-0.39, 0.29) is 12.6 Å². The molecule has 0 radical (unpaired) electrons. The summed E-state index contributed by atoms with van der Waals surface area (Å²) >= 11 is 0. The summed E-state index contributed by atoms with van der Waals surface area (Å²) < 4.78 is 44.5. The van der Waals surface area contributed by atoms with Crippen LogP contribution in [0.25, 0.3) is 0 Å². The lowest BCUT2D eigenvalue weighted by Crippen LogP contribution is -2.45. The van der Waals surface area contributed by atoms with Crippen molar-refractivity contribution in [2.24, 2.45) is 0 Å². The van der Waals surface area contributed by atoms with Gasteiger partial charge in [-0.05, 0) is 38.4 Å². The molecule has 1 heterocycles. The zero-order chi connectivity index (χ0) is 14.8. The van der Waals surface area contributed by atoms with Crippen molar-refractivity contribution >= 4 is 0 Å². The molecule has 0 amide bonds. The number of halogens is 3. The third-order valence-electron chi connectivity index (χ3n) is 3.89. The molecule has 1 aliphatic carbocycles. The molecule has 0 bridgehead atoms. The number of rotatable bonds is 5. The highest BCUT2D eigenvalue weighted by atomic mass is 19.4. The van der Waals surface area contributed by atoms with Gasteiger partial charge in [0, 0.05) is 12.5 Å². The van der Waals surface area contributed by atoms with Crippen molar-refractivity contribution in [2.45, 2.75) is 56.8 Å². The molecule has 20 heavy (non-hydrogen) atoms. The summed E-state index contributed by atoms with van der Waals surface area (Å²) in [5.74, 6) is -0.0813. The molecule has 3 nitrogen and oxygen atoms in total. The van der Waals surface area contributed by atoms with Gasteiger partial charge < -0.3 is 14.8 Å². The Kier molecular flexibility index (Phi) is 4.44. The van der Waals surface area contributed by atoms with Gasteiger partial charge in [0.25, 0.3) is 0 Å². The van der Waals surface area contributed by atoms with Gasteiger partial charge in [0.15, 0.2) is 0 Å². The second-order valence-corrected chi connectivity index (χ2v) is 5.45. The SMILES string of the molecule is Cc1ccc(C(O)(CCNC2CCCC2)C(F)(F)F)o1. The van der Waals surface area contributed by atoms with Gasteiger partial charge in [0.2, 0.25) is 5.60 Å². The van der Waals surface area contributed by atoms with Crippen LogP contribution in [0.1, 0.15) is 43.6 Å². The van der Waals surface area contributed by atoms with Crippen LogP contribution >= 0.6 is 0 Å². The quantitative estimate of drug-likeness (QED) is 0.875. The van der Waals surface area contributed by atoms with E-state index in [9.17, 15) is 18.3 Å². The number of alkyl halides is 3. The van der Waals surface area contributed by atoms with Crippen LogP contribution in [-0.2, 0) is 5.60 Å². The molecule has 1 atom stereocenters. The summed E-state index contributed by atoms with van der Waals surface area (Å²) in [5.41, 5.74) is -2.92. The standard InChI is InChI=1S/C14H20F3NO2/c1-10-6-7-12(20-10)13(19,14(15,16)17)8-9-18-11-4-2-3-5-11/h6-7,11,18-19H,2-5,8-9H2,1H3. The first-order valence-corrected chi connectivity index (χ1v) is 6.92. The summed E-state index contributed by atoms with van der Waals surface area (Å²) in [6, 6.07) is 2.89. The topological polar surface area (TPSA) is 45.4 Å². The fourth-order valence-corrected chi connectivity index (χ4v) is 2.65. The Morgan fingerprint density at radius 1 is 1.30 bits per heavy atom. The van der Waals surface area contributed by atoms with Gasteiger partial charge in [0.05, 0.1) is 0 Å². The van der Waals surface area contributed by atoms with Gasteiger partial charge in [-0.2, -0.15) is 13.2 Å². The van der Waals surface area contributed by atoms with Gasteiger partial charge in [-0.3, -0.25) is 0 Å². The van der Waals surface area contributed by atoms with E-state index in [1.807, 2.05) is 0 Å². The fraction of sp³-hybridized carbons (Fsp3) is 0.714. The molecule has 1 unspecified atom stereocenters. The Bertz CT molecular complexity index is 438. The van der Waals surface area contributed by atoms with Gasteiger partial charge >= 0.3 is 6.18 Å². The minimum Gasteiger partial charge on any atom is -0.463 e. The average molecular weight is 291 g/mol. The number of hydrogen-bond acceptors (Lipinski definition) is 3. The van der Waals surface area contributed by atoms with Gasteiger partial charge in [-0.25, -0.2) is 0 Å². The van der Waals surface area contributed by atoms with Crippen molar-refractivity contribution < 1.29 is 22.7 Å². The minimum atomic E-state index is -4.76. The molecule has 1 aromatic rings. The lowest BCUT2D eigenvalue weighted by atomic mass is 9.95. The minimum absolute atomic E-state index is 0.112. The highest BCUT2D eigenvalue weighted by Crippen LogP contribution is 2.42. The van der Waals surface area contributed by atoms with Gasteiger partial charge in [-0.15, -0.1) is 0 Å². The molecule has 0 spiro atoms. The predicted octanol–water partition coefficient (Wildman–Crippen LogP) is 3.26. The third-order valence-corrected chi connectivity index (χ3v) is 3.89. The van der Waals surface area contributed by atoms with Crippen molar-refractivity contribution in [1.82, 2.24) is 5.32 Å². The molecule has 6 heteroatoms. The first-order valence-electron chi connectivity index (χ1n) is 6.92. The molecule has 0 aromatic carbocycles. The van der Waals surface area contributed by atoms with Crippen LogP contribution < -0.4 is 5.32 Å². The van der Waals surface area contributed by atoms with Crippen LogP contribution in [0.2, 0.25) is 0 Å². The van der Waals surface area contributed by atoms with E-state index in [0.717, 1.165) is 25.7 Å². The van der Waals surface area contributed by atoms with E-state index in [0.29, 0.717) is 5.76 Å². The third kappa shape index (κ3) is 3.17. The van der Waals surface area contributed by atoms with E-state index in [2.05, 4.69) is 5.32 Å². The molecular weight excluding hydrogens is 271 g/mol. The van der Waals surface area contributed by atoms with Crippen molar-refractivity contribution in [3.8, 4) is 0 Å². The summed E-state index contributed by atoms with van der Waals surface area (Å²) in [6.07, 6.45) is -1.000. The van der Waals surface area contributed by atoms with Crippen molar-refractivity contribution in [3.05, 3.63) is 23.7 Å². The Hall–Kier alpha value is -1.01. The smallest absolute Gasteiger partial charge is 0.424 e. The van der Waals surface area contributed by atoms with Gasteiger partial charge in [-0.1, -0.05) is 12.8 Å². The second-order valence-electron chi connectivity index (χ2n) is 5.45. The van der Waals surface area contributed by atoms with Crippen LogP contribution in [0.15, 0.2) is 16.5 Å². The predicted molar refractivity (Wildman–Crippen MR) is 68.3 cm³/mol. The first-order chi connectivity index (χ1) is 9.33. The average Bonchev–Trinajstić information content (AvgIpc) is 2.98. The van der Waals surface area contributed by atoms with Crippen LogP contribution in [0.5, 0.6) is 0 Å². The Morgan fingerprint density at radius 2 is 1.95 bits per heavy atom. The summed E-state index contributed by atoms with van der Waals surface area (Å²) in [6.45, 7) is 1.66. The highest BCUT2D eigenvalue weighted by Gasteiger charge is 2.56. The van der Waals surface area contributed by atoms with E-state index in [4.69, 9.17) is 4.42 Å². The summed E-state index contributed by atoms with van der Waals surface area (Å²) in [7, 11) is 0. The van der Waals surface area contributed by atoms with Crippen molar-refractivity contribution in [2.75, 3.05) is 6.54 Å². The van der Waals surface area contributed by atoms with Crippen LogP contribution in [-0.4, -0.2) is 23.9 Å². The van der Waals surface area contributed by atoms with Crippen molar-refractivity contribution in [3.63, 3.8) is 0 Å². The van der Waals surface area contributed by atoms with Crippen LogP contribution in [0, 0.1) is 6.92 Å². The van der Waals surface area contributed by atoms with E-state index in [1.54, 1.807) is 6.92 Å². The normalized spacial score (nSPS) is 20.2. The zero-order valence-electron chi connectivity index (χ0n) is 11.5. The molecule has 1 aliphatic rings. The van der Waals surface area contributed by atoms with Crippen LogP contribution in [0.3, 0.4) is 0 Å². The monoisotopic (exact) mass is 291 g/mol. The Balaban J connectivity index is 2.03. The molecule has 0 aliphatic heterocycles. The highest BCUT2D eigenvalue weighted by molar-refractivity contribution is 5.15. The summed E-state index contributed by atoms with van der Waals surface area (Å²) in [5, 5.41) is 13.1. The molecule has 1 fully saturated rings. The molecule has 114 valence electrons. The Labute approximate surface area is 116 Å². The molecule has 0 saturated heterocycles. The number of aliphatic hydroxyl groups is 1. The summed E-state index contributed by atoms with van der Waals surface area (Å²) in [4.78, 5) is 0. The maximum Gasteiger partial charge on any atom is 0.424 e. The lowest BCUT2D eigenvalue weighted by molar-refractivity contribution is -0.274. The fourth-order valence-electron chi connectivity index (χ4n) is 2.65. The number of furan rings is 1. The molecule has 2 N–H and O–H groups in total. The Morgan fingerprint density at radius 3 is 2.45 bits per heavy atom. The largest absolute Gasteiger partial charge is 0.463 e. The second kappa shape index (κ2) is 5.77. The van der Waals surface area contributed by atoms with E-state index < -0.39 is 24.0 Å². The lowest BCUT2D eigenvalue weighted by Gasteiger charge is -2.29. The first kappa shape index (κ1) is 15.4. The van der Waals surface area contributed by atoms with Gasteiger partial charge in [0.1, 0.15) is 11.5 Å². The zero-order valence-corrected chi connectivity index (χ0v) is 11.5. The number of aryl methyl sites for hydroxylation is 1. The van der Waals surface area contributed by atoms with E-state index in [1.165, 1.54) is 12.1 Å². The maximum absolute atomic E-state index is 13.2. The molecule has 1 aromatic heterocycles. The maximum atomic E-state index is 13.2. The number of nitrogens with one attached hydrogen (secondary N) is 1. The van der Waals surface area contributed by atoms with Crippen LogP contribution in [0.4, 0.5) is 13.2 Å².